The first-order valence-electron chi connectivity index (χ1n) is 11.5. The fourth-order valence-electron chi connectivity index (χ4n) is 3.28. The summed E-state index contributed by atoms with van der Waals surface area (Å²) >= 11 is 0. The zero-order valence-corrected chi connectivity index (χ0v) is 21.0. The molecule has 4 rings (SSSR count). The maximum atomic E-state index is 10.6. The van der Waals surface area contributed by atoms with Gasteiger partial charge >= 0.3 is 5.82 Å². The van der Waals surface area contributed by atoms with E-state index < -0.39 is 15.0 Å². The maximum Gasteiger partial charge on any atom is 0.307 e. The standard InChI is InChI=1S/C20H21N4.C7H7NO4S/c1-2-9-20-23(21-16-18-10-5-3-6-11-18)14-15-24(20)22-17-19-12-7-4-8-13-19;9-8-5-6-3-1-2-4-7(6)13(10,11)12/h3-8,10-17H,2,9H2,1H3;1-5,9H,(H,10,11,12)/q+1;/p-1. The molecular formula is C27H27N5O4S. The highest BCUT2D eigenvalue weighted by molar-refractivity contribution is 7.85. The molecule has 4 aromatic rings. The van der Waals surface area contributed by atoms with Gasteiger partial charge in [-0.2, -0.15) is 0 Å². The molecule has 0 aliphatic rings. The maximum absolute atomic E-state index is 10.6. The Morgan fingerprint density at radius 3 is 2.08 bits per heavy atom. The Bertz CT molecular complexity index is 1400. The van der Waals surface area contributed by atoms with Crippen molar-refractivity contribution in [3.05, 3.63) is 120 Å². The number of nitrogens with zero attached hydrogens (tertiary/aromatic N) is 5. The number of oxime groups is 1. The zero-order valence-electron chi connectivity index (χ0n) is 20.2. The van der Waals surface area contributed by atoms with Crippen LogP contribution in [0.2, 0.25) is 0 Å². The van der Waals surface area contributed by atoms with Crippen molar-refractivity contribution < 1.29 is 22.9 Å². The van der Waals surface area contributed by atoms with Gasteiger partial charge in [0.05, 0.1) is 30.0 Å². The highest BCUT2D eigenvalue weighted by Crippen LogP contribution is 2.12. The van der Waals surface area contributed by atoms with E-state index in [1.165, 1.54) is 18.2 Å². The Morgan fingerprint density at radius 1 is 0.892 bits per heavy atom. The Kier molecular flexibility index (Phi) is 10.0. The lowest BCUT2D eigenvalue weighted by Crippen LogP contribution is -2.31. The lowest BCUT2D eigenvalue weighted by molar-refractivity contribution is -0.685. The van der Waals surface area contributed by atoms with E-state index >= 15 is 0 Å². The van der Waals surface area contributed by atoms with Crippen LogP contribution in [0.25, 0.3) is 0 Å². The van der Waals surface area contributed by atoms with Crippen LogP contribution in [0.4, 0.5) is 0 Å². The predicted molar refractivity (Wildman–Crippen MR) is 141 cm³/mol. The summed E-state index contributed by atoms with van der Waals surface area (Å²) in [4.78, 5) is -0.396. The number of hydrogen-bond acceptors (Lipinski definition) is 7. The van der Waals surface area contributed by atoms with Crippen LogP contribution >= 0.6 is 0 Å². The van der Waals surface area contributed by atoms with E-state index in [4.69, 9.17) is 5.21 Å². The molecule has 0 atom stereocenters. The van der Waals surface area contributed by atoms with Crippen molar-refractivity contribution in [3.63, 3.8) is 0 Å². The third-order valence-electron chi connectivity index (χ3n) is 5.00. The molecule has 0 amide bonds. The average Bonchev–Trinajstić information content (AvgIpc) is 3.29. The van der Waals surface area contributed by atoms with Gasteiger partial charge in [0, 0.05) is 5.56 Å². The molecule has 1 N–H and O–H groups in total. The highest BCUT2D eigenvalue weighted by Gasteiger charge is 2.15. The Labute approximate surface area is 216 Å². The van der Waals surface area contributed by atoms with Crippen molar-refractivity contribution in [3.8, 4) is 0 Å². The predicted octanol–water partition coefficient (Wildman–Crippen LogP) is 3.89. The second-order valence-electron chi connectivity index (χ2n) is 7.70. The van der Waals surface area contributed by atoms with Crippen molar-refractivity contribution in [2.24, 2.45) is 15.4 Å². The van der Waals surface area contributed by atoms with Crippen molar-refractivity contribution in [2.45, 2.75) is 24.7 Å². The quantitative estimate of drug-likeness (QED) is 0.125. The summed E-state index contributed by atoms with van der Waals surface area (Å²) in [5.74, 6) is 1.05. The van der Waals surface area contributed by atoms with Crippen LogP contribution in [0, 0.1) is 0 Å². The van der Waals surface area contributed by atoms with Gasteiger partial charge in [-0.25, -0.2) is 8.42 Å². The fourth-order valence-corrected chi connectivity index (χ4v) is 3.93. The van der Waals surface area contributed by atoms with Crippen LogP contribution in [-0.2, 0) is 16.5 Å². The van der Waals surface area contributed by atoms with Gasteiger partial charge in [0.1, 0.15) is 10.1 Å². The molecule has 0 saturated heterocycles. The molecular weight excluding hydrogens is 490 g/mol. The molecule has 190 valence electrons. The molecule has 1 aromatic heterocycles. The van der Waals surface area contributed by atoms with Gasteiger partial charge in [0.25, 0.3) is 0 Å². The first-order valence-corrected chi connectivity index (χ1v) is 12.9. The van der Waals surface area contributed by atoms with Crippen LogP contribution in [0.5, 0.6) is 0 Å². The number of imidazole rings is 1. The molecule has 3 aromatic carbocycles. The largest absolute Gasteiger partial charge is 0.744 e. The van der Waals surface area contributed by atoms with Gasteiger partial charge in [-0.15, -0.1) is 9.35 Å². The van der Waals surface area contributed by atoms with Crippen LogP contribution in [0.1, 0.15) is 35.9 Å². The Hall–Kier alpha value is -4.41. The number of hydrogen-bond donors (Lipinski definition) is 1. The van der Waals surface area contributed by atoms with E-state index in [1.54, 1.807) is 0 Å². The number of rotatable bonds is 8. The lowest BCUT2D eigenvalue weighted by Gasteiger charge is -2.08. The van der Waals surface area contributed by atoms with E-state index in [2.05, 4.69) is 22.3 Å². The summed E-state index contributed by atoms with van der Waals surface area (Å²) in [6.07, 6.45) is 10.4. The van der Waals surface area contributed by atoms with Crippen LogP contribution < -0.4 is 4.68 Å². The normalized spacial score (nSPS) is 11.7. The van der Waals surface area contributed by atoms with Gasteiger partial charge in [0.15, 0.2) is 12.4 Å². The van der Waals surface area contributed by atoms with Gasteiger partial charge < -0.3 is 9.76 Å². The summed E-state index contributed by atoms with van der Waals surface area (Å²) in [5.41, 5.74) is 2.22. The fraction of sp³-hybridized carbons (Fsp3) is 0.111. The van der Waals surface area contributed by atoms with Gasteiger partial charge in [-0.3, -0.25) is 0 Å². The minimum atomic E-state index is -4.51. The molecule has 10 heteroatoms. The molecule has 0 bridgehead atoms. The second-order valence-corrected chi connectivity index (χ2v) is 9.05. The third-order valence-corrected chi connectivity index (χ3v) is 5.91. The van der Waals surface area contributed by atoms with Gasteiger partial charge in [-0.05, 0) is 23.6 Å². The first-order chi connectivity index (χ1) is 17.9. The molecule has 37 heavy (non-hydrogen) atoms. The van der Waals surface area contributed by atoms with Gasteiger partial charge in [0.2, 0.25) is 0 Å². The summed E-state index contributed by atoms with van der Waals surface area (Å²) in [5, 5.41) is 20.0. The minimum Gasteiger partial charge on any atom is -0.744 e. The van der Waals surface area contributed by atoms with Crippen molar-refractivity contribution in [2.75, 3.05) is 0 Å². The first kappa shape index (κ1) is 27.2. The molecule has 0 unspecified atom stereocenters. The minimum absolute atomic E-state index is 0.0694. The number of aromatic nitrogens is 2. The number of benzene rings is 3. The van der Waals surface area contributed by atoms with E-state index in [1.807, 2.05) is 94.8 Å². The molecule has 1 heterocycles. The zero-order chi connectivity index (χ0) is 26.5. The van der Waals surface area contributed by atoms with E-state index in [-0.39, 0.29) is 5.56 Å². The average molecular weight is 518 g/mol. The molecule has 0 radical (unpaired) electrons. The summed E-state index contributed by atoms with van der Waals surface area (Å²) in [7, 11) is -4.51. The summed E-state index contributed by atoms with van der Waals surface area (Å²) < 4.78 is 35.7. The smallest absolute Gasteiger partial charge is 0.307 e. The third kappa shape index (κ3) is 8.34. The van der Waals surface area contributed by atoms with Crippen LogP contribution in [-0.4, -0.2) is 41.5 Å². The molecule has 9 nitrogen and oxygen atoms in total. The van der Waals surface area contributed by atoms with Crippen LogP contribution in [0.3, 0.4) is 0 Å². The summed E-state index contributed by atoms with van der Waals surface area (Å²) in [6, 6.07) is 25.6. The second kappa shape index (κ2) is 13.6. The topological polar surface area (TPSA) is 123 Å². The van der Waals surface area contributed by atoms with Crippen molar-refractivity contribution >= 4 is 28.8 Å². The molecule has 0 fully saturated rings. The molecule has 0 aliphatic carbocycles. The van der Waals surface area contributed by atoms with Crippen molar-refractivity contribution in [1.29, 1.82) is 0 Å². The van der Waals surface area contributed by atoms with Crippen molar-refractivity contribution in [1.82, 2.24) is 4.68 Å². The monoisotopic (exact) mass is 517 g/mol. The highest BCUT2D eigenvalue weighted by atomic mass is 32.2. The Morgan fingerprint density at radius 2 is 1.49 bits per heavy atom. The van der Waals surface area contributed by atoms with Gasteiger partial charge in [-0.1, -0.05) is 101 Å². The molecule has 0 saturated carbocycles. The van der Waals surface area contributed by atoms with Crippen LogP contribution in [0.15, 0.2) is 118 Å². The van der Waals surface area contributed by atoms with E-state index in [0.717, 1.165) is 42.1 Å². The molecule has 0 spiro atoms. The lowest BCUT2D eigenvalue weighted by atomic mass is 10.2. The Balaban J connectivity index is 0.000000248. The molecule has 0 aliphatic heterocycles. The van der Waals surface area contributed by atoms with E-state index in [0.29, 0.717) is 0 Å². The summed E-state index contributed by atoms with van der Waals surface area (Å²) in [6.45, 7) is 2.16. The SMILES string of the molecule is CCCc1n(N=Cc2ccccc2)cc[n+]1N=Cc1ccccc1.O=S(=O)([O-])c1ccccc1C=NO. The van der Waals surface area contributed by atoms with E-state index in [9.17, 15) is 13.0 Å².